The number of hydrogen-bond acceptors (Lipinski definition) is 1. The van der Waals surface area contributed by atoms with E-state index in [0.29, 0.717) is 6.07 Å². The SMILES string of the molecule is Nc1ccc(C(F)C(F)(F)C(F)(F)F)c(C(F)(F)F)c1. The smallest absolute Gasteiger partial charge is 0.399 e. The van der Waals surface area contributed by atoms with E-state index in [1.54, 1.807) is 0 Å². The fourth-order valence-corrected chi connectivity index (χ4v) is 1.38. The lowest BCUT2D eigenvalue weighted by Gasteiger charge is -2.25. The molecule has 1 rings (SSSR count). The van der Waals surface area contributed by atoms with Crippen LogP contribution < -0.4 is 5.73 Å². The minimum atomic E-state index is -6.32. The third kappa shape index (κ3) is 2.93. The van der Waals surface area contributed by atoms with Crippen molar-refractivity contribution >= 4 is 5.69 Å². The molecule has 1 unspecified atom stereocenters. The minimum Gasteiger partial charge on any atom is -0.399 e. The van der Waals surface area contributed by atoms with Gasteiger partial charge in [-0.15, -0.1) is 0 Å². The minimum absolute atomic E-state index is 0.0916. The van der Waals surface area contributed by atoms with E-state index < -0.39 is 41.3 Å². The zero-order valence-corrected chi connectivity index (χ0v) is 9.29. The van der Waals surface area contributed by atoms with Gasteiger partial charge in [0, 0.05) is 11.3 Å². The summed E-state index contributed by atoms with van der Waals surface area (Å²) in [4.78, 5) is 0. The highest BCUT2D eigenvalue weighted by molar-refractivity contribution is 5.47. The summed E-state index contributed by atoms with van der Waals surface area (Å²) in [5.74, 6) is -5.96. The van der Waals surface area contributed by atoms with E-state index in [4.69, 9.17) is 5.73 Å². The molecule has 0 aromatic heterocycles. The molecule has 0 aliphatic carbocycles. The Bertz CT molecular complexity index is 488. The molecular formula is C10H6F9N. The topological polar surface area (TPSA) is 26.0 Å². The summed E-state index contributed by atoms with van der Waals surface area (Å²) >= 11 is 0. The first-order valence-corrected chi connectivity index (χ1v) is 4.83. The van der Waals surface area contributed by atoms with E-state index in [-0.39, 0.29) is 12.1 Å². The van der Waals surface area contributed by atoms with Gasteiger partial charge in [-0.25, -0.2) is 4.39 Å². The van der Waals surface area contributed by atoms with Crippen LogP contribution in [0.25, 0.3) is 0 Å². The Hall–Kier alpha value is -1.61. The van der Waals surface area contributed by atoms with Gasteiger partial charge in [0.25, 0.3) is 0 Å². The van der Waals surface area contributed by atoms with Crippen molar-refractivity contribution in [2.24, 2.45) is 0 Å². The standard InChI is InChI=1S/C10H6F9N/c11-7(8(12,13)10(17,18)19)5-2-1-4(20)3-6(5)9(14,15)16/h1-3,7H,20H2. The zero-order valence-electron chi connectivity index (χ0n) is 9.29. The summed E-state index contributed by atoms with van der Waals surface area (Å²) < 4.78 is 112. The van der Waals surface area contributed by atoms with Gasteiger partial charge in [-0.05, 0) is 12.1 Å². The van der Waals surface area contributed by atoms with E-state index in [1.165, 1.54) is 0 Å². The first-order chi connectivity index (χ1) is 8.78. The van der Waals surface area contributed by atoms with Gasteiger partial charge in [-0.1, -0.05) is 6.07 Å². The first-order valence-electron chi connectivity index (χ1n) is 4.83. The van der Waals surface area contributed by atoms with Crippen molar-refractivity contribution in [2.45, 2.75) is 24.4 Å². The van der Waals surface area contributed by atoms with E-state index >= 15 is 0 Å². The fourth-order valence-electron chi connectivity index (χ4n) is 1.38. The highest BCUT2D eigenvalue weighted by Gasteiger charge is 2.64. The summed E-state index contributed by atoms with van der Waals surface area (Å²) in [6, 6.07) is 0.848. The molecule has 20 heavy (non-hydrogen) atoms. The lowest BCUT2D eigenvalue weighted by molar-refractivity contribution is -0.305. The second-order valence-electron chi connectivity index (χ2n) is 3.83. The monoisotopic (exact) mass is 311 g/mol. The van der Waals surface area contributed by atoms with Crippen LogP contribution in [0.2, 0.25) is 0 Å². The maximum absolute atomic E-state index is 13.3. The molecule has 0 aliphatic heterocycles. The second-order valence-corrected chi connectivity index (χ2v) is 3.83. The number of hydrogen-bond donors (Lipinski definition) is 1. The van der Waals surface area contributed by atoms with Crippen molar-refractivity contribution in [3.05, 3.63) is 29.3 Å². The summed E-state index contributed by atoms with van der Waals surface area (Å²) in [7, 11) is 0. The number of benzene rings is 1. The van der Waals surface area contributed by atoms with Crippen molar-refractivity contribution in [2.75, 3.05) is 5.73 Å². The van der Waals surface area contributed by atoms with Gasteiger partial charge in [0.05, 0.1) is 5.56 Å². The maximum Gasteiger partial charge on any atom is 0.456 e. The number of nitrogens with two attached hydrogens (primary N) is 1. The first kappa shape index (κ1) is 16.4. The molecule has 1 aromatic rings. The summed E-state index contributed by atoms with van der Waals surface area (Å²) in [5.41, 5.74) is 0.632. The number of anilines is 1. The van der Waals surface area contributed by atoms with Crippen LogP contribution in [-0.4, -0.2) is 12.1 Å². The molecule has 114 valence electrons. The van der Waals surface area contributed by atoms with Crippen LogP contribution in [-0.2, 0) is 6.18 Å². The molecule has 0 saturated carbocycles. The average Bonchev–Trinajstić information content (AvgIpc) is 2.25. The predicted molar refractivity (Wildman–Crippen MR) is 50.7 cm³/mol. The number of alkyl halides is 9. The van der Waals surface area contributed by atoms with Crippen LogP contribution >= 0.6 is 0 Å². The zero-order chi connectivity index (χ0) is 15.9. The van der Waals surface area contributed by atoms with E-state index in [2.05, 4.69) is 0 Å². The van der Waals surface area contributed by atoms with Crippen molar-refractivity contribution < 1.29 is 39.5 Å². The lowest BCUT2D eigenvalue weighted by Crippen LogP contribution is -2.41. The Balaban J connectivity index is 3.41. The summed E-state index contributed by atoms with van der Waals surface area (Å²) in [5, 5.41) is 0. The number of rotatable bonds is 2. The molecule has 0 amide bonds. The van der Waals surface area contributed by atoms with Gasteiger partial charge < -0.3 is 5.73 Å². The van der Waals surface area contributed by atoms with E-state index in [9.17, 15) is 39.5 Å². The molecule has 0 spiro atoms. The molecule has 2 N–H and O–H groups in total. The molecule has 0 heterocycles. The van der Waals surface area contributed by atoms with Gasteiger partial charge in [-0.3, -0.25) is 0 Å². The van der Waals surface area contributed by atoms with Crippen molar-refractivity contribution in [1.29, 1.82) is 0 Å². The Morgan fingerprint density at radius 1 is 0.900 bits per heavy atom. The Labute approximate surface area is 106 Å². The van der Waals surface area contributed by atoms with Crippen molar-refractivity contribution in [3.8, 4) is 0 Å². The molecular weight excluding hydrogens is 305 g/mol. The summed E-state index contributed by atoms with van der Waals surface area (Å²) in [6.45, 7) is 0. The predicted octanol–water partition coefficient (Wildman–Crippen LogP) is 4.50. The summed E-state index contributed by atoms with van der Waals surface area (Å²) in [6.07, 6.45) is -15.8. The highest BCUT2D eigenvalue weighted by Crippen LogP contribution is 2.49. The van der Waals surface area contributed by atoms with Gasteiger partial charge in [-0.2, -0.15) is 35.1 Å². The molecule has 10 heteroatoms. The number of nitrogen functional groups attached to an aromatic ring is 1. The molecule has 0 bridgehead atoms. The van der Waals surface area contributed by atoms with Gasteiger partial charge >= 0.3 is 18.3 Å². The Kier molecular flexibility index (Phi) is 3.90. The van der Waals surface area contributed by atoms with E-state index in [0.717, 1.165) is 0 Å². The van der Waals surface area contributed by atoms with Crippen molar-refractivity contribution in [1.82, 2.24) is 0 Å². The van der Waals surface area contributed by atoms with E-state index in [1.807, 2.05) is 0 Å². The van der Waals surface area contributed by atoms with Crippen LogP contribution in [0.3, 0.4) is 0 Å². The van der Waals surface area contributed by atoms with Crippen LogP contribution in [0.4, 0.5) is 45.2 Å². The Morgan fingerprint density at radius 3 is 1.80 bits per heavy atom. The van der Waals surface area contributed by atoms with Crippen LogP contribution in [0.5, 0.6) is 0 Å². The largest absolute Gasteiger partial charge is 0.456 e. The van der Waals surface area contributed by atoms with Gasteiger partial charge in [0.15, 0.2) is 6.17 Å². The third-order valence-electron chi connectivity index (χ3n) is 2.35. The molecule has 0 fully saturated rings. The molecule has 0 radical (unpaired) electrons. The lowest BCUT2D eigenvalue weighted by atomic mass is 9.97. The molecule has 1 nitrogen and oxygen atoms in total. The van der Waals surface area contributed by atoms with Crippen molar-refractivity contribution in [3.63, 3.8) is 0 Å². The molecule has 1 atom stereocenters. The van der Waals surface area contributed by atoms with Crippen LogP contribution in [0.1, 0.15) is 17.3 Å². The quantitative estimate of drug-likeness (QED) is 0.632. The van der Waals surface area contributed by atoms with Gasteiger partial charge in [0.1, 0.15) is 0 Å². The normalized spacial score (nSPS) is 15.2. The third-order valence-corrected chi connectivity index (χ3v) is 2.35. The fraction of sp³-hybridized carbons (Fsp3) is 0.400. The molecule has 1 aromatic carbocycles. The number of halogens is 9. The second kappa shape index (κ2) is 4.74. The average molecular weight is 311 g/mol. The van der Waals surface area contributed by atoms with Crippen LogP contribution in [0, 0.1) is 0 Å². The van der Waals surface area contributed by atoms with Gasteiger partial charge in [0.2, 0.25) is 0 Å². The molecule has 0 saturated heterocycles. The highest BCUT2D eigenvalue weighted by atomic mass is 19.4. The maximum atomic E-state index is 13.3. The van der Waals surface area contributed by atoms with Crippen LogP contribution in [0.15, 0.2) is 18.2 Å². The molecule has 0 aliphatic rings. The Morgan fingerprint density at radius 2 is 1.40 bits per heavy atom.